The lowest BCUT2D eigenvalue weighted by Gasteiger charge is -2.57. The number of nitrogens with one attached hydrogen (secondary N) is 1. The van der Waals surface area contributed by atoms with Gasteiger partial charge in [0.25, 0.3) is 5.91 Å². The number of aryl methyl sites for hydroxylation is 1. The smallest absolute Gasteiger partial charge is 0.257 e. The molecule has 192 valence electrons. The third kappa shape index (κ3) is 4.23. The topological polar surface area (TPSA) is 71.3 Å². The van der Waals surface area contributed by atoms with Crippen molar-refractivity contribution in [3.05, 3.63) is 64.3 Å². The van der Waals surface area contributed by atoms with Gasteiger partial charge in [0.05, 0.1) is 17.8 Å². The molecule has 6 nitrogen and oxygen atoms in total. The van der Waals surface area contributed by atoms with Crippen LogP contribution in [0.25, 0.3) is 11.3 Å². The number of hydrogen-bond donors (Lipinski definition) is 1. The quantitative estimate of drug-likeness (QED) is 0.417. The SMILES string of the molecule is Cc1oc(-c2ccc(Cl)cc2)cc1C(=O)N1CCc2c(ncnc2NCC23CC4CC(CC(C4)C2)C3)C1. The summed E-state index contributed by atoms with van der Waals surface area (Å²) >= 11 is 6.02. The molecular formula is C30H33ClN4O2. The van der Waals surface area contributed by atoms with E-state index in [1.165, 1.54) is 44.1 Å². The number of rotatable bonds is 5. The molecule has 0 atom stereocenters. The summed E-state index contributed by atoms with van der Waals surface area (Å²) in [5, 5.41) is 4.43. The Hall–Kier alpha value is -2.86. The Balaban J connectivity index is 1.06. The number of aromatic nitrogens is 2. The third-order valence-electron chi connectivity index (χ3n) is 9.37. The van der Waals surface area contributed by atoms with Crippen LogP contribution in [0.5, 0.6) is 0 Å². The number of hydrogen-bond acceptors (Lipinski definition) is 5. The summed E-state index contributed by atoms with van der Waals surface area (Å²) in [5.41, 5.74) is 4.06. The molecule has 8 rings (SSSR count). The van der Waals surface area contributed by atoms with Gasteiger partial charge in [-0.2, -0.15) is 0 Å². The highest BCUT2D eigenvalue weighted by molar-refractivity contribution is 6.30. The lowest BCUT2D eigenvalue weighted by atomic mass is 9.49. The van der Waals surface area contributed by atoms with Crippen LogP contribution >= 0.6 is 11.6 Å². The molecule has 1 N–H and O–H groups in total. The lowest BCUT2D eigenvalue weighted by Crippen LogP contribution is -2.49. The van der Waals surface area contributed by atoms with Crippen LogP contribution in [0.4, 0.5) is 5.82 Å². The van der Waals surface area contributed by atoms with E-state index in [9.17, 15) is 4.79 Å². The number of carbonyl (C=O) groups is 1. The van der Waals surface area contributed by atoms with Gasteiger partial charge in [0.2, 0.25) is 0 Å². The number of fused-ring (bicyclic) bond motifs is 1. The summed E-state index contributed by atoms with van der Waals surface area (Å²) in [5.74, 6) is 5.08. The minimum Gasteiger partial charge on any atom is -0.461 e. The monoisotopic (exact) mass is 516 g/mol. The number of furan rings is 1. The number of halogens is 1. The predicted octanol–water partition coefficient (Wildman–Crippen LogP) is 6.53. The van der Waals surface area contributed by atoms with Crippen LogP contribution in [0.15, 0.2) is 41.1 Å². The Morgan fingerprint density at radius 3 is 2.51 bits per heavy atom. The molecule has 0 radical (unpaired) electrons. The Labute approximate surface area is 222 Å². The first kappa shape index (κ1) is 23.3. The summed E-state index contributed by atoms with van der Waals surface area (Å²) < 4.78 is 5.95. The molecule has 4 fully saturated rings. The highest BCUT2D eigenvalue weighted by Gasteiger charge is 2.50. The van der Waals surface area contributed by atoms with Gasteiger partial charge in [-0.3, -0.25) is 4.79 Å². The molecule has 7 heteroatoms. The number of nitrogens with zero attached hydrogens (tertiary/aromatic N) is 3. The zero-order chi connectivity index (χ0) is 25.1. The van der Waals surface area contributed by atoms with Gasteiger partial charge in [0.15, 0.2) is 0 Å². The molecule has 4 saturated carbocycles. The largest absolute Gasteiger partial charge is 0.461 e. The Kier molecular flexibility index (Phi) is 5.58. The number of amides is 1. The maximum absolute atomic E-state index is 13.5. The van der Waals surface area contributed by atoms with Crippen molar-refractivity contribution >= 4 is 23.3 Å². The average Bonchev–Trinajstić information content (AvgIpc) is 3.27. The van der Waals surface area contributed by atoms with Crippen LogP contribution in [0.2, 0.25) is 5.02 Å². The second kappa shape index (κ2) is 8.87. The van der Waals surface area contributed by atoms with E-state index in [2.05, 4.69) is 15.3 Å². The molecule has 5 aliphatic rings. The molecule has 3 heterocycles. The van der Waals surface area contributed by atoms with Crippen molar-refractivity contribution < 1.29 is 9.21 Å². The molecule has 4 bridgehead atoms. The van der Waals surface area contributed by atoms with Crippen LogP contribution in [0.1, 0.15) is 65.9 Å². The zero-order valence-corrected chi connectivity index (χ0v) is 22.1. The maximum atomic E-state index is 13.5. The van der Waals surface area contributed by atoms with E-state index in [1.807, 2.05) is 42.2 Å². The van der Waals surface area contributed by atoms with Crippen molar-refractivity contribution in [2.75, 3.05) is 18.4 Å². The second-order valence-electron chi connectivity index (χ2n) is 12.0. The van der Waals surface area contributed by atoms with Crippen LogP contribution in [0.3, 0.4) is 0 Å². The maximum Gasteiger partial charge on any atom is 0.257 e. The van der Waals surface area contributed by atoms with Gasteiger partial charge in [-0.05, 0) is 105 Å². The minimum absolute atomic E-state index is 0.0196. The van der Waals surface area contributed by atoms with Gasteiger partial charge in [-0.1, -0.05) is 11.6 Å². The number of carbonyl (C=O) groups excluding carboxylic acids is 1. The van der Waals surface area contributed by atoms with Crippen LogP contribution in [0, 0.1) is 30.1 Å². The van der Waals surface area contributed by atoms with Gasteiger partial charge >= 0.3 is 0 Å². The normalized spacial score (nSPS) is 27.8. The van der Waals surface area contributed by atoms with Gasteiger partial charge in [-0.25, -0.2) is 9.97 Å². The molecular weight excluding hydrogens is 484 g/mol. The molecule has 2 aromatic heterocycles. The molecule has 0 unspecified atom stereocenters. The average molecular weight is 517 g/mol. The number of anilines is 1. The third-order valence-corrected chi connectivity index (χ3v) is 9.62. The van der Waals surface area contributed by atoms with Crippen molar-refractivity contribution in [2.45, 2.75) is 58.4 Å². The zero-order valence-electron chi connectivity index (χ0n) is 21.3. The predicted molar refractivity (Wildman–Crippen MR) is 143 cm³/mol. The van der Waals surface area contributed by atoms with Crippen molar-refractivity contribution in [2.24, 2.45) is 23.2 Å². The van der Waals surface area contributed by atoms with Gasteiger partial charge < -0.3 is 14.6 Å². The summed E-state index contributed by atoms with van der Waals surface area (Å²) in [6.07, 6.45) is 10.9. The van der Waals surface area contributed by atoms with E-state index in [0.29, 0.717) is 40.6 Å². The molecule has 1 aliphatic heterocycles. The first-order chi connectivity index (χ1) is 17.9. The highest BCUT2D eigenvalue weighted by atomic mass is 35.5. The lowest BCUT2D eigenvalue weighted by molar-refractivity contribution is -0.0444. The Bertz CT molecular complexity index is 1310. The molecule has 0 saturated heterocycles. The van der Waals surface area contributed by atoms with E-state index in [-0.39, 0.29) is 5.91 Å². The van der Waals surface area contributed by atoms with Crippen molar-refractivity contribution in [3.63, 3.8) is 0 Å². The van der Waals surface area contributed by atoms with Crippen molar-refractivity contribution in [1.82, 2.24) is 14.9 Å². The summed E-state index contributed by atoms with van der Waals surface area (Å²) in [6.45, 7) is 4.00. The fourth-order valence-corrected chi connectivity index (χ4v) is 8.20. The van der Waals surface area contributed by atoms with Crippen LogP contribution in [-0.4, -0.2) is 33.9 Å². The van der Waals surface area contributed by atoms with E-state index < -0.39 is 0 Å². The van der Waals surface area contributed by atoms with E-state index >= 15 is 0 Å². The summed E-state index contributed by atoms with van der Waals surface area (Å²) in [6, 6.07) is 9.30. The van der Waals surface area contributed by atoms with Crippen LogP contribution in [-0.2, 0) is 13.0 Å². The summed E-state index contributed by atoms with van der Waals surface area (Å²) in [7, 11) is 0. The fourth-order valence-electron chi connectivity index (χ4n) is 8.08. The Morgan fingerprint density at radius 2 is 1.81 bits per heavy atom. The second-order valence-corrected chi connectivity index (χ2v) is 12.4. The van der Waals surface area contributed by atoms with E-state index in [1.54, 1.807) is 6.33 Å². The molecule has 1 amide bonds. The van der Waals surface area contributed by atoms with Gasteiger partial charge in [-0.15, -0.1) is 0 Å². The van der Waals surface area contributed by atoms with Crippen molar-refractivity contribution in [1.29, 1.82) is 0 Å². The Morgan fingerprint density at radius 1 is 1.11 bits per heavy atom. The molecule has 1 aromatic carbocycles. The highest BCUT2D eigenvalue weighted by Crippen LogP contribution is 2.60. The number of benzene rings is 1. The fraction of sp³-hybridized carbons (Fsp3) is 0.500. The molecule has 3 aromatic rings. The first-order valence-electron chi connectivity index (χ1n) is 13.7. The first-order valence-corrected chi connectivity index (χ1v) is 14.0. The minimum atomic E-state index is -0.0196. The van der Waals surface area contributed by atoms with Crippen molar-refractivity contribution in [3.8, 4) is 11.3 Å². The van der Waals surface area contributed by atoms with Gasteiger partial charge in [0, 0.05) is 29.2 Å². The van der Waals surface area contributed by atoms with E-state index in [4.69, 9.17) is 16.0 Å². The summed E-state index contributed by atoms with van der Waals surface area (Å²) in [4.78, 5) is 24.6. The van der Waals surface area contributed by atoms with Gasteiger partial charge in [0.1, 0.15) is 23.7 Å². The van der Waals surface area contributed by atoms with E-state index in [0.717, 1.165) is 47.8 Å². The molecule has 4 aliphatic carbocycles. The molecule has 37 heavy (non-hydrogen) atoms. The van der Waals surface area contributed by atoms with Crippen LogP contribution < -0.4 is 5.32 Å². The standard InChI is InChI=1S/C30H33ClN4O2/c1-18-25(11-27(37-18)22-2-4-23(31)5-3-22)29(36)35-7-6-24-26(15-35)33-17-34-28(24)32-16-30-12-19-8-20(13-30)10-21(9-19)14-30/h2-5,11,17,19-21H,6-10,12-16H2,1H3,(H,32,33,34). The molecule has 0 spiro atoms.